The van der Waals surface area contributed by atoms with Crippen LogP contribution in [-0.2, 0) is 0 Å². The molecule has 0 aliphatic carbocycles. The number of phenols is 1. The lowest BCUT2D eigenvalue weighted by Gasteiger charge is -2.07. The second-order valence-electron chi connectivity index (χ2n) is 3.28. The van der Waals surface area contributed by atoms with E-state index in [1.807, 2.05) is 6.92 Å². The predicted octanol–water partition coefficient (Wildman–Crippen LogP) is 0.0618. The van der Waals surface area contributed by atoms with Crippen LogP contribution < -0.4 is 20.6 Å². The Morgan fingerprint density at radius 3 is 2.94 bits per heavy atom. The van der Waals surface area contributed by atoms with Gasteiger partial charge in [-0.05, 0) is 47.2 Å². The molecule has 1 aromatic carbocycles. The van der Waals surface area contributed by atoms with Crippen LogP contribution in [0.5, 0.6) is 11.5 Å². The number of thiocarbonyl (C=S) groups is 1. The van der Waals surface area contributed by atoms with E-state index in [9.17, 15) is 5.11 Å². The SMILES string of the molecule is CCOc1cc(C=[NH+]NC(=S)NC)cc(Br)c1O. The lowest BCUT2D eigenvalue weighted by molar-refractivity contribution is -0.500. The maximum atomic E-state index is 9.75. The van der Waals surface area contributed by atoms with Gasteiger partial charge in [-0.3, -0.25) is 0 Å². The van der Waals surface area contributed by atoms with Crippen LogP contribution >= 0.6 is 28.1 Å². The highest BCUT2D eigenvalue weighted by molar-refractivity contribution is 9.10. The standard InChI is InChI=1S/C11H14BrN3O2S/c1-3-17-9-5-7(4-8(12)10(9)16)6-14-15-11(18)13-2/h4-6,16H,3H2,1-2H3,(H2,13,15,18)/p+1. The first kappa shape index (κ1) is 14.7. The van der Waals surface area contributed by atoms with Crippen molar-refractivity contribution in [1.82, 2.24) is 10.7 Å². The molecule has 4 N–H and O–H groups in total. The fourth-order valence-electron chi connectivity index (χ4n) is 1.19. The molecular formula is C11H15BrN3O2S+. The van der Waals surface area contributed by atoms with Crippen molar-refractivity contribution in [3.8, 4) is 11.5 Å². The maximum Gasteiger partial charge on any atom is 0.223 e. The van der Waals surface area contributed by atoms with Gasteiger partial charge in [-0.2, -0.15) is 0 Å². The first-order chi connectivity index (χ1) is 8.58. The molecule has 18 heavy (non-hydrogen) atoms. The molecule has 0 bridgehead atoms. The number of benzene rings is 1. The zero-order valence-corrected chi connectivity index (χ0v) is 12.5. The molecule has 98 valence electrons. The van der Waals surface area contributed by atoms with Gasteiger partial charge in [0.25, 0.3) is 0 Å². The van der Waals surface area contributed by atoms with Crippen molar-refractivity contribution in [2.45, 2.75) is 6.92 Å². The van der Waals surface area contributed by atoms with Crippen molar-refractivity contribution >= 4 is 39.5 Å². The molecule has 7 heteroatoms. The summed E-state index contributed by atoms with van der Waals surface area (Å²) in [6.07, 6.45) is 1.70. The van der Waals surface area contributed by atoms with Gasteiger partial charge in [-0.15, -0.1) is 10.5 Å². The van der Waals surface area contributed by atoms with E-state index in [4.69, 9.17) is 17.0 Å². The van der Waals surface area contributed by atoms with Gasteiger partial charge in [0.1, 0.15) is 0 Å². The van der Waals surface area contributed by atoms with E-state index in [1.54, 1.807) is 25.4 Å². The Kier molecular flexibility index (Phi) is 5.87. The quantitative estimate of drug-likeness (QED) is 0.357. The zero-order chi connectivity index (χ0) is 13.5. The van der Waals surface area contributed by atoms with Gasteiger partial charge >= 0.3 is 0 Å². The number of rotatable bonds is 4. The molecule has 0 atom stereocenters. The number of ether oxygens (including phenoxy) is 1. The number of phenolic OH excluding ortho intramolecular Hbond substituents is 1. The molecule has 0 heterocycles. The number of halogens is 1. The minimum atomic E-state index is 0.0905. The molecule has 0 radical (unpaired) electrons. The van der Waals surface area contributed by atoms with E-state index >= 15 is 0 Å². The number of nitrogens with one attached hydrogen (secondary N) is 3. The zero-order valence-electron chi connectivity index (χ0n) is 10.1. The first-order valence-electron chi connectivity index (χ1n) is 5.30. The molecule has 0 aliphatic rings. The highest BCUT2D eigenvalue weighted by Crippen LogP contribution is 2.34. The van der Waals surface area contributed by atoms with Crippen molar-refractivity contribution < 1.29 is 14.9 Å². The van der Waals surface area contributed by atoms with Gasteiger partial charge in [0.05, 0.1) is 11.1 Å². The summed E-state index contributed by atoms with van der Waals surface area (Å²) >= 11 is 8.17. The number of aromatic hydroxyl groups is 1. The predicted molar refractivity (Wildman–Crippen MR) is 77.9 cm³/mol. The lowest BCUT2D eigenvalue weighted by Crippen LogP contribution is -2.82. The van der Waals surface area contributed by atoms with Crippen LogP contribution in [0.25, 0.3) is 0 Å². The van der Waals surface area contributed by atoms with E-state index in [0.717, 1.165) is 5.56 Å². The molecule has 0 unspecified atom stereocenters. The summed E-state index contributed by atoms with van der Waals surface area (Å²) < 4.78 is 5.89. The van der Waals surface area contributed by atoms with Gasteiger partial charge in [-0.25, -0.2) is 0 Å². The Morgan fingerprint density at radius 2 is 2.33 bits per heavy atom. The summed E-state index contributed by atoms with van der Waals surface area (Å²) in [6, 6.07) is 3.48. The molecule has 1 aromatic rings. The second-order valence-corrected chi connectivity index (χ2v) is 4.54. The van der Waals surface area contributed by atoms with Crippen LogP contribution in [0.4, 0.5) is 0 Å². The highest BCUT2D eigenvalue weighted by Gasteiger charge is 2.09. The maximum absolute atomic E-state index is 9.75. The summed E-state index contributed by atoms with van der Waals surface area (Å²) in [6.45, 7) is 2.34. The Morgan fingerprint density at radius 1 is 1.61 bits per heavy atom. The van der Waals surface area contributed by atoms with Crippen LogP contribution in [0.15, 0.2) is 16.6 Å². The van der Waals surface area contributed by atoms with Gasteiger partial charge in [0.2, 0.25) is 5.11 Å². The van der Waals surface area contributed by atoms with E-state index in [0.29, 0.717) is 21.9 Å². The van der Waals surface area contributed by atoms with E-state index in [2.05, 4.69) is 31.8 Å². The molecule has 0 spiro atoms. The average molecular weight is 333 g/mol. The third-order valence-electron chi connectivity index (χ3n) is 2.00. The van der Waals surface area contributed by atoms with Gasteiger partial charge in [-0.1, -0.05) is 0 Å². The molecule has 0 saturated carbocycles. The molecule has 0 aromatic heterocycles. The Bertz CT molecular complexity index is 466. The highest BCUT2D eigenvalue weighted by atomic mass is 79.9. The topological polar surface area (TPSA) is 67.5 Å². The van der Waals surface area contributed by atoms with Crippen LogP contribution in [0.3, 0.4) is 0 Å². The first-order valence-corrected chi connectivity index (χ1v) is 6.50. The van der Waals surface area contributed by atoms with Gasteiger partial charge in [0, 0.05) is 12.6 Å². The van der Waals surface area contributed by atoms with Crippen molar-refractivity contribution in [3.63, 3.8) is 0 Å². The van der Waals surface area contributed by atoms with E-state index < -0.39 is 0 Å². The molecule has 0 aliphatic heterocycles. The molecule has 5 nitrogen and oxygen atoms in total. The average Bonchev–Trinajstić information content (AvgIpc) is 2.35. The summed E-state index contributed by atoms with van der Waals surface area (Å²) in [5.74, 6) is 0.517. The van der Waals surface area contributed by atoms with Crippen molar-refractivity contribution in [2.75, 3.05) is 13.7 Å². The number of hydrogen-bond acceptors (Lipinski definition) is 3. The minimum absolute atomic E-state index is 0.0905. The normalized spacial score (nSPS) is 10.4. The molecule has 0 amide bonds. The molecule has 0 fully saturated rings. The largest absolute Gasteiger partial charge is 0.503 e. The summed E-state index contributed by atoms with van der Waals surface area (Å²) in [5, 5.41) is 15.8. The van der Waals surface area contributed by atoms with Crippen molar-refractivity contribution in [2.24, 2.45) is 0 Å². The summed E-state index contributed by atoms with van der Waals surface area (Å²) in [5.41, 5.74) is 3.59. The van der Waals surface area contributed by atoms with Gasteiger partial charge < -0.3 is 15.2 Å². The summed E-state index contributed by atoms with van der Waals surface area (Å²) in [7, 11) is 1.72. The molecular weight excluding hydrogens is 318 g/mol. The lowest BCUT2D eigenvalue weighted by atomic mass is 10.2. The Balaban J connectivity index is 2.86. The Labute approximate surface area is 119 Å². The van der Waals surface area contributed by atoms with Crippen molar-refractivity contribution in [1.29, 1.82) is 0 Å². The smallest absolute Gasteiger partial charge is 0.223 e. The van der Waals surface area contributed by atoms with Crippen LogP contribution in [0.2, 0.25) is 0 Å². The van der Waals surface area contributed by atoms with E-state index in [-0.39, 0.29) is 5.75 Å². The third-order valence-corrected chi connectivity index (χ3v) is 2.91. The fraction of sp³-hybridized carbons (Fsp3) is 0.273. The Hall–Kier alpha value is -1.34. The van der Waals surface area contributed by atoms with E-state index in [1.165, 1.54) is 0 Å². The van der Waals surface area contributed by atoms with Crippen LogP contribution in [0.1, 0.15) is 12.5 Å². The molecule has 1 rings (SSSR count). The fourth-order valence-corrected chi connectivity index (χ4v) is 1.71. The number of hydrogen-bond donors (Lipinski definition) is 4. The minimum Gasteiger partial charge on any atom is -0.503 e. The number of hydrazone groups is 1. The summed E-state index contributed by atoms with van der Waals surface area (Å²) in [4.78, 5) is 0. The monoisotopic (exact) mass is 332 g/mol. The van der Waals surface area contributed by atoms with Crippen molar-refractivity contribution in [3.05, 3.63) is 22.2 Å². The van der Waals surface area contributed by atoms with Crippen LogP contribution in [-0.4, -0.2) is 30.1 Å². The number of hydrazine groups is 1. The van der Waals surface area contributed by atoms with Crippen LogP contribution in [0, 0.1) is 0 Å². The third kappa shape index (κ3) is 4.15. The molecule has 0 saturated heterocycles. The second kappa shape index (κ2) is 7.17. The van der Waals surface area contributed by atoms with Gasteiger partial charge in [0.15, 0.2) is 17.7 Å².